The molecule has 2 aromatic carbocycles. The normalized spacial score (nSPS) is 15.1. The van der Waals surface area contributed by atoms with Crippen molar-refractivity contribution in [2.45, 2.75) is 0 Å². The number of thiocarbonyl (C=S) groups is 1. The van der Waals surface area contributed by atoms with Crippen LogP contribution in [0, 0.1) is 10.1 Å². The van der Waals surface area contributed by atoms with E-state index < -0.39 is 4.92 Å². The van der Waals surface area contributed by atoms with Crippen LogP contribution in [0.25, 0.3) is 17.4 Å². The summed E-state index contributed by atoms with van der Waals surface area (Å²) in [5.41, 5.74) is 1.20. The summed E-state index contributed by atoms with van der Waals surface area (Å²) in [6, 6.07) is 16.9. The maximum absolute atomic E-state index is 12.8. The molecule has 0 radical (unpaired) electrons. The predicted octanol–water partition coefficient (Wildman–Crippen LogP) is 5.27. The second-order valence-electron chi connectivity index (χ2n) is 6.20. The number of para-hydroxylation sites is 1. The van der Waals surface area contributed by atoms with Crippen molar-refractivity contribution in [3.05, 3.63) is 81.4 Å². The lowest BCUT2D eigenvalue weighted by Crippen LogP contribution is -2.27. The van der Waals surface area contributed by atoms with Gasteiger partial charge < -0.3 is 9.15 Å². The van der Waals surface area contributed by atoms with E-state index in [4.69, 9.17) is 21.4 Å². The van der Waals surface area contributed by atoms with Crippen LogP contribution in [0.1, 0.15) is 5.76 Å². The highest BCUT2D eigenvalue weighted by atomic mass is 32.2. The monoisotopic (exact) mass is 438 g/mol. The minimum atomic E-state index is -0.491. The van der Waals surface area contributed by atoms with Gasteiger partial charge in [0.05, 0.1) is 34.3 Å². The lowest BCUT2D eigenvalue weighted by molar-refractivity contribution is -0.384. The summed E-state index contributed by atoms with van der Waals surface area (Å²) in [4.78, 5) is 25.2. The summed E-state index contributed by atoms with van der Waals surface area (Å²) in [5.74, 6) is 1.02. The van der Waals surface area contributed by atoms with Crippen molar-refractivity contribution in [1.29, 1.82) is 0 Å². The van der Waals surface area contributed by atoms with Crippen LogP contribution in [0.3, 0.4) is 0 Å². The molecule has 2 heterocycles. The number of methoxy groups -OCH3 is 1. The number of furan rings is 1. The molecular weight excluding hydrogens is 424 g/mol. The van der Waals surface area contributed by atoms with Gasteiger partial charge in [0.25, 0.3) is 11.6 Å². The van der Waals surface area contributed by atoms with Gasteiger partial charge in [-0.15, -0.1) is 0 Å². The molecule has 0 bridgehead atoms. The Morgan fingerprint density at radius 1 is 1.17 bits per heavy atom. The Morgan fingerprint density at radius 3 is 2.63 bits per heavy atom. The third kappa shape index (κ3) is 3.72. The number of nitro groups is 1. The van der Waals surface area contributed by atoms with E-state index in [-0.39, 0.29) is 11.6 Å². The molecule has 0 atom stereocenters. The number of anilines is 1. The van der Waals surface area contributed by atoms with E-state index in [1.165, 1.54) is 35.9 Å². The molecule has 7 nitrogen and oxygen atoms in total. The first-order chi connectivity index (χ1) is 14.5. The van der Waals surface area contributed by atoms with Crippen LogP contribution < -0.4 is 9.64 Å². The molecule has 1 amide bonds. The van der Waals surface area contributed by atoms with Crippen molar-refractivity contribution < 1.29 is 18.9 Å². The van der Waals surface area contributed by atoms with Gasteiger partial charge in [-0.05, 0) is 30.3 Å². The molecule has 3 aromatic rings. The first kappa shape index (κ1) is 19.9. The van der Waals surface area contributed by atoms with Gasteiger partial charge in [-0.3, -0.25) is 19.8 Å². The van der Waals surface area contributed by atoms with Crippen molar-refractivity contribution in [3.63, 3.8) is 0 Å². The maximum atomic E-state index is 12.8. The van der Waals surface area contributed by atoms with Crippen molar-refractivity contribution in [3.8, 4) is 17.1 Å². The summed E-state index contributed by atoms with van der Waals surface area (Å²) in [7, 11) is 1.43. The third-order valence-corrected chi connectivity index (χ3v) is 5.67. The quantitative estimate of drug-likeness (QED) is 0.232. The van der Waals surface area contributed by atoms with Gasteiger partial charge in [0.2, 0.25) is 0 Å². The summed E-state index contributed by atoms with van der Waals surface area (Å²) in [6.07, 6.45) is 1.63. The molecule has 1 aliphatic rings. The second-order valence-corrected chi connectivity index (χ2v) is 7.87. The van der Waals surface area contributed by atoms with Crippen molar-refractivity contribution >= 4 is 51.7 Å². The molecule has 1 aromatic heterocycles. The highest BCUT2D eigenvalue weighted by Crippen LogP contribution is 2.38. The maximum Gasteiger partial charge on any atom is 0.273 e. The number of non-ortho nitro benzene ring substituents is 1. The first-order valence-electron chi connectivity index (χ1n) is 8.73. The van der Waals surface area contributed by atoms with Crippen LogP contribution in [0.2, 0.25) is 0 Å². The standard InChI is InChI=1S/C21H14N2O5S2/c1-27-18-11-14(23(25)26)7-9-16(18)17-10-8-15(28-17)12-19-20(24)22(21(29)30-19)13-5-3-2-4-6-13/h2-12H,1H3. The Hall–Kier alpha value is -3.43. The Balaban J connectivity index is 1.62. The van der Waals surface area contributed by atoms with E-state index in [0.29, 0.717) is 37.7 Å². The van der Waals surface area contributed by atoms with Crippen molar-refractivity contribution in [2.75, 3.05) is 12.0 Å². The van der Waals surface area contributed by atoms with Gasteiger partial charge in [-0.1, -0.05) is 42.2 Å². The van der Waals surface area contributed by atoms with Gasteiger partial charge in [-0.2, -0.15) is 0 Å². The lowest BCUT2D eigenvalue weighted by Gasteiger charge is -2.13. The number of rotatable bonds is 5. The van der Waals surface area contributed by atoms with Crippen molar-refractivity contribution in [2.24, 2.45) is 0 Å². The summed E-state index contributed by atoms with van der Waals surface area (Å²) in [6.45, 7) is 0. The van der Waals surface area contributed by atoms with Crippen LogP contribution in [0.15, 0.2) is 70.0 Å². The highest BCUT2D eigenvalue weighted by molar-refractivity contribution is 8.27. The topological polar surface area (TPSA) is 85.8 Å². The number of thioether (sulfide) groups is 1. The Kier molecular flexibility index (Phi) is 5.39. The van der Waals surface area contributed by atoms with Crippen LogP contribution in [-0.2, 0) is 4.79 Å². The van der Waals surface area contributed by atoms with E-state index in [1.54, 1.807) is 24.3 Å². The van der Waals surface area contributed by atoms with Crippen molar-refractivity contribution in [1.82, 2.24) is 0 Å². The minimum Gasteiger partial charge on any atom is -0.496 e. The fourth-order valence-electron chi connectivity index (χ4n) is 2.97. The third-order valence-electron chi connectivity index (χ3n) is 4.37. The number of carbonyl (C=O) groups is 1. The number of carbonyl (C=O) groups excluding carboxylic acids is 1. The number of ether oxygens (including phenoxy) is 1. The van der Waals surface area contributed by atoms with E-state index in [9.17, 15) is 14.9 Å². The number of hydrogen-bond acceptors (Lipinski definition) is 7. The summed E-state index contributed by atoms with van der Waals surface area (Å²) < 4.78 is 11.6. The molecule has 1 aliphatic heterocycles. The summed E-state index contributed by atoms with van der Waals surface area (Å²) >= 11 is 6.56. The molecule has 0 spiro atoms. The number of amides is 1. The molecule has 0 saturated carbocycles. The van der Waals surface area contributed by atoms with E-state index >= 15 is 0 Å². The zero-order valence-electron chi connectivity index (χ0n) is 15.6. The molecule has 150 valence electrons. The second kappa shape index (κ2) is 8.13. The van der Waals surface area contributed by atoms with Gasteiger partial charge in [0.15, 0.2) is 4.32 Å². The van der Waals surface area contributed by atoms with Crippen LogP contribution >= 0.6 is 24.0 Å². The van der Waals surface area contributed by atoms with Crippen LogP contribution in [0.4, 0.5) is 11.4 Å². The fraction of sp³-hybridized carbons (Fsp3) is 0.0476. The molecule has 30 heavy (non-hydrogen) atoms. The molecule has 1 fully saturated rings. The highest BCUT2D eigenvalue weighted by Gasteiger charge is 2.33. The molecule has 1 saturated heterocycles. The number of nitrogens with zero attached hydrogens (tertiary/aromatic N) is 2. The van der Waals surface area contributed by atoms with Gasteiger partial charge in [0, 0.05) is 12.1 Å². The zero-order valence-corrected chi connectivity index (χ0v) is 17.2. The van der Waals surface area contributed by atoms with Crippen LogP contribution in [-0.4, -0.2) is 22.3 Å². The molecule has 0 unspecified atom stereocenters. The van der Waals surface area contributed by atoms with Gasteiger partial charge in [-0.25, -0.2) is 0 Å². The largest absolute Gasteiger partial charge is 0.496 e. The Labute approximate surface area is 181 Å². The Morgan fingerprint density at radius 2 is 1.93 bits per heavy atom. The Bertz CT molecular complexity index is 1190. The number of nitro benzene ring substituents is 1. The smallest absolute Gasteiger partial charge is 0.273 e. The van der Waals surface area contributed by atoms with E-state index in [1.807, 2.05) is 30.3 Å². The predicted molar refractivity (Wildman–Crippen MR) is 119 cm³/mol. The molecule has 4 rings (SSSR count). The van der Waals surface area contributed by atoms with E-state index in [0.717, 1.165) is 0 Å². The average Bonchev–Trinajstić information content (AvgIpc) is 3.32. The van der Waals surface area contributed by atoms with E-state index in [2.05, 4.69) is 0 Å². The summed E-state index contributed by atoms with van der Waals surface area (Å²) in [5, 5.41) is 11.0. The van der Waals surface area contributed by atoms with Gasteiger partial charge >= 0.3 is 0 Å². The molecular formula is C21H14N2O5S2. The average molecular weight is 438 g/mol. The lowest BCUT2D eigenvalue weighted by atomic mass is 10.1. The fourth-order valence-corrected chi connectivity index (χ4v) is 4.25. The van der Waals surface area contributed by atoms with Gasteiger partial charge in [0.1, 0.15) is 17.3 Å². The number of hydrogen-bond donors (Lipinski definition) is 0. The van der Waals surface area contributed by atoms with Crippen LogP contribution in [0.5, 0.6) is 5.75 Å². The molecule has 0 aliphatic carbocycles. The number of benzene rings is 2. The SMILES string of the molecule is COc1cc([N+](=O)[O-])ccc1-c1ccc(C=C2SC(=S)N(c3ccccc3)C2=O)o1. The molecule has 9 heteroatoms. The molecule has 0 N–H and O–H groups in total. The minimum absolute atomic E-state index is 0.0769. The first-order valence-corrected chi connectivity index (χ1v) is 9.96. The zero-order chi connectivity index (χ0) is 21.3.